The molecule has 0 saturated carbocycles. The standard InChI is InChI=1S/Ca.3Na.H3O7PS.5H/c;;;;1-8(2,3)7-9(4,5)6;;;;;/h;;;;(H2,1,2,3)(H,4,5,6);;;;;/q+2;3*+1;;5*-1. The fourth-order valence-electron chi connectivity index (χ4n) is 0.123. The zero-order valence-corrected chi connectivity index (χ0v) is 17.5. The predicted octanol–water partition coefficient (Wildman–Crippen LogP) is -9.91. The van der Waals surface area contributed by atoms with Crippen molar-refractivity contribution in [1.82, 2.24) is 0 Å². The molecule has 0 spiro atoms. The van der Waals surface area contributed by atoms with Gasteiger partial charge in [-0.1, -0.05) is 0 Å². The van der Waals surface area contributed by atoms with Crippen LogP contribution in [0.1, 0.15) is 7.13 Å². The third-order valence-corrected chi connectivity index (χ3v) is 1.72. The number of rotatable bonds is 2. The first-order valence-corrected chi connectivity index (χ1v) is 4.34. The van der Waals surface area contributed by atoms with Gasteiger partial charge in [-0.3, -0.25) is 4.55 Å². The SMILES string of the molecule is O=P(O)(O)OS(=O)(=O)O.[Ca+2].[H-].[H-].[H-].[H-].[H-].[Na+].[Na+].[Na+]. The fraction of sp³-hybridized carbons (Fsp3) is 0. The summed E-state index contributed by atoms with van der Waals surface area (Å²) in [4.78, 5) is 15.4. The monoisotopic (exact) mass is 292 g/mol. The van der Waals surface area contributed by atoms with E-state index in [-0.39, 0.29) is 134 Å². The third-order valence-electron chi connectivity index (χ3n) is 0.191. The van der Waals surface area contributed by atoms with Crippen molar-refractivity contribution in [1.29, 1.82) is 0 Å². The van der Waals surface area contributed by atoms with Crippen molar-refractivity contribution in [2.45, 2.75) is 0 Å². The molecule has 0 aromatic carbocycles. The Bertz CT molecular complexity index is 245. The maximum atomic E-state index is 9.58. The summed E-state index contributed by atoms with van der Waals surface area (Å²) in [7, 11) is -10.2. The van der Waals surface area contributed by atoms with E-state index < -0.39 is 18.2 Å². The number of hydrogen-bond donors (Lipinski definition) is 3. The molecule has 0 heterocycles. The van der Waals surface area contributed by atoms with Crippen LogP contribution in [0.5, 0.6) is 0 Å². The Morgan fingerprint density at radius 1 is 1.15 bits per heavy atom. The Balaban J connectivity index is -0.00000000889. The summed E-state index contributed by atoms with van der Waals surface area (Å²) in [5.41, 5.74) is 0. The summed E-state index contributed by atoms with van der Waals surface area (Å²) < 4.78 is 39.0. The van der Waals surface area contributed by atoms with Gasteiger partial charge in [0.05, 0.1) is 0 Å². The van der Waals surface area contributed by atoms with Gasteiger partial charge in [-0.05, 0) is 0 Å². The van der Waals surface area contributed by atoms with Crippen LogP contribution in [0.15, 0.2) is 0 Å². The Kier molecular flexibility index (Phi) is 29.7. The molecule has 0 rings (SSSR count). The van der Waals surface area contributed by atoms with Crippen LogP contribution in [-0.2, 0) is 18.9 Å². The van der Waals surface area contributed by atoms with Gasteiger partial charge in [0.2, 0.25) is 0 Å². The molecule has 0 fully saturated rings. The number of phosphoric acid groups is 1. The van der Waals surface area contributed by atoms with E-state index in [2.05, 4.69) is 3.97 Å². The minimum atomic E-state index is -5.13. The molecule has 3 N–H and O–H groups in total. The van der Waals surface area contributed by atoms with E-state index in [0.717, 1.165) is 0 Å². The summed E-state index contributed by atoms with van der Waals surface area (Å²) in [6, 6.07) is 0. The molecule has 0 saturated heterocycles. The van der Waals surface area contributed by atoms with Crippen molar-refractivity contribution in [3.05, 3.63) is 0 Å². The molecule has 0 aliphatic rings. The summed E-state index contributed by atoms with van der Waals surface area (Å²) >= 11 is 0. The first-order valence-electron chi connectivity index (χ1n) is 1.45. The van der Waals surface area contributed by atoms with E-state index in [0.29, 0.717) is 0 Å². The van der Waals surface area contributed by atoms with Gasteiger partial charge in [0.25, 0.3) is 0 Å². The fourth-order valence-corrected chi connectivity index (χ4v) is 1.10. The van der Waals surface area contributed by atoms with Crippen LogP contribution in [0.25, 0.3) is 0 Å². The molecule has 0 aliphatic heterocycles. The molecule has 0 aliphatic carbocycles. The molecular weight excluding hydrogens is 284 g/mol. The minimum absolute atomic E-state index is 0. The van der Waals surface area contributed by atoms with Crippen LogP contribution in [0.4, 0.5) is 0 Å². The first kappa shape index (κ1) is 30.4. The Hall–Kier alpha value is 4.28. The largest absolute Gasteiger partial charge is 2.00 e. The van der Waals surface area contributed by atoms with E-state index in [4.69, 9.17) is 14.3 Å². The molecule has 0 bridgehead atoms. The quantitative estimate of drug-likeness (QED) is 0.262. The molecule has 66 valence electrons. The first-order chi connectivity index (χ1) is 3.71. The van der Waals surface area contributed by atoms with Crippen LogP contribution >= 0.6 is 7.82 Å². The molecule has 0 amide bonds. The Morgan fingerprint density at radius 3 is 1.38 bits per heavy atom. The molecule has 0 unspecified atom stereocenters. The van der Waals surface area contributed by atoms with Gasteiger partial charge in [-0.15, -0.1) is 3.97 Å². The summed E-state index contributed by atoms with van der Waals surface area (Å²) in [6.07, 6.45) is 0. The van der Waals surface area contributed by atoms with E-state index in [1.54, 1.807) is 0 Å². The average Bonchev–Trinajstić information content (AvgIpc) is 1.14. The molecule has 7 nitrogen and oxygen atoms in total. The smallest absolute Gasteiger partial charge is 1.00 e. The van der Waals surface area contributed by atoms with Crippen molar-refractivity contribution in [2.24, 2.45) is 0 Å². The van der Waals surface area contributed by atoms with E-state index in [1.807, 2.05) is 0 Å². The normalized spacial score (nSPS) is 9.46. The second kappa shape index (κ2) is 12.7. The van der Waals surface area contributed by atoms with Gasteiger partial charge in [0.1, 0.15) is 0 Å². The Morgan fingerprint density at radius 2 is 1.38 bits per heavy atom. The van der Waals surface area contributed by atoms with Gasteiger partial charge in [-0.25, -0.2) is 4.57 Å². The van der Waals surface area contributed by atoms with Crippen LogP contribution < -0.4 is 88.7 Å². The van der Waals surface area contributed by atoms with Crippen LogP contribution in [-0.4, -0.2) is 60.5 Å². The van der Waals surface area contributed by atoms with E-state index >= 15 is 0 Å². The summed E-state index contributed by atoms with van der Waals surface area (Å²) in [5.74, 6) is 0. The topological polar surface area (TPSA) is 121 Å². The molecule has 13 heteroatoms. The minimum Gasteiger partial charge on any atom is -1.00 e. The van der Waals surface area contributed by atoms with Gasteiger partial charge in [0.15, 0.2) is 0 Å². The van der Waals surface area contributed by atoms with E-state index in [9.17, 15) is 13.0 Å². The maximum absolute atomic E-state index is 9.58. The molecule has 0 aromatic rings. The van der Waals surface area contributed by atoms with Crippen molar-refractivity contribution in [3.63, 3.8) is 0 Å². The van der Waals surface area contributed by atoms with Crippen molar-refractivity contribution in [2.75, 3.05) is 0 Å². The summed E-state index contributed by atoms with van der Waals surface area (Å²) in [6.45, 7) is 0. The average molecular weight is 292 g/mol. The van der Waals surface area contributed by atoms with Crippen molar-refractivity contribution in [3.8, 4) is 0 Å². The molecule has 0 atom stereocenters. The maximum Gasteiger partial charge on any atom is 2.00 e. The zero-order chi connectivity index (χ0) is 7.71. The van der Waals surface area contributed by atoms with Crippen LogP contribution in [0.3, 0.4) is 0 Å². The van der Waals surface area contributed by atoms with Gasteiger partial charge >= 0.3 is 145 Å². The van der Waals surface area contributed by atoms with Crippen LogP contribution in [0.2, 0.25) is 0 Å². The number of hydrogen-bond acceptors (Lipinski definition) is 4. The van der Waals surface area contributed by atoms with Gasteiger partial charge in [-0.2, -0.15) is 8.42 Å². The second-order valence-electron chi connectivity index (χ2n) is 0.993. The molecule has 0 radical (unpaired) electrons. The Labute approximate surface area is 179 Å². The second-order valence-corrected chi connectivity index (χ2v) is 3.43. The van der Waals surface area contributed by atoms with Crippen molar-refractivity contribution >= 4 is 56.0 Å². The summed E-state index contributed by atoms with van der Waals surface area (Å²) in [5, 5.41) is 0. The third kappa shape index (κ3) is 31.4. The van der Waals surface area contributed by atoms with Crippen molar-refractivity contribution < 1.29 is 127 Å². The predicted molar refractivity (Wildman–Crippen MR) is 36.0 cm³/mol. The molecule has 0 aromatic heterocycles. The van der Waals surface area contributed by atoms with Gasteiger partial charge < -0.3 is 16.9 Å². The molecular formula is H8CaNa3O7PS. The molecule has 13 heavy (non-hydrogen) atoms. The van der Waals surface area contributed by atoms with Crippen LogP contribution in [0, 0.1) is 0 Å². The van der Waals surface area contributed by atoms with Gasteiger partial charge in [0, 0.05) is 0 Å². The van der Waals surface area contributed by atoms with E-state index in [1.165, 1.54) is 0 Å². The zero-order valence-electron chi connectivity index (χ0n) is 12.5.